The highest BCUT2D eigenvalue weighted by atomic mass is 35.5. The first-order valence-electron chi connectivity index (χ1n) is 12.2. The van der Waals surface area contributed by atoms with E-state index in [1.807, 2.05) is 13.0 Å². The first kappa shape index (κ1) is 23.2. The second-order valence-electron chi connectivity index (χ2n) is 11.4. The van der Waals surface area contributed by atoms with E-state index in [0.29, 0.717) is 42.1 Å². The lowest BCUT2D eigenvalue weighted by Gasteiger charge is -2.62. The minimum absolute atomic E-state index is 0.0402. The highest BCUT2D eigenvalue weighted by molar-refractivity contribution is 6.30. The van der Waals surface area contributed by atoms with Gasteiger partial charge in [-0.1, -0.05) is 36.2 Å². The summed E-state index contributed by atoms with van der Waals surface area (Å²) >= 11 is 6.16. The summed E-state index contributed by atoms with van der Waals surface area (Å²) in [6, 6.07) is 7.07. The fourth-order valence-corrected chi connectivity index (χ4v) is 8.59. The molecule has 1 aromatic rings. The summed E-state index contributed by atoms with van der Waals surface area (Å²) in [6.45, 7) is 3.96. The Morgan fingerprint density at radius 2 is 2.06 bits per heavy atom. The number of halogens is 2. The molecule has 2 N–H and O–H groups in total. The summed E-state index contributed by atoms with van der Waals surface area (Å²) in [5.41, 5.74) is -4.29. The van der Waals surface area contributed by atoms with Crippen LogP contribution >= 0.6 is 11.6 Å². The summed E-state index contributed by atoms with van der Waals surface area (Å²) in [5, 5.41) is 24.2. The Morgan fingerprint density at radius 1 is 1.29 bits per heavy atom. The van der Waals surface area contributed by atoms with Gasteiger partial charge in [0.2, 0.25) is 5.60 Å². The van der Waals surface area contributed by atoms with Crippen LogP contribution in [0.5, 0.6) is 0 Å². The van der Waals surface area contributed by atoms with Crippen molar-refractivity contribution in [2.24, 2.45) is 28.6 Å². The molecule has 0 spiro atoms. The molecule has 4 fully saturated rings. The van der Waals surface area contributed by atoms with Gasteiger partial charge >= 0.3 is 5.97 Å². The summed E-state index contributed by atoms with van der Waals surface area (Å²) in [5.74, 6) is -2.47. The summed E-state index contributed by atoms with van der Waals surface area (Å²) in [4.78, 5) is 31.3. The number of aliphatic hydroxyl groups excluding tert-OH is 1. The maximum absolute atomic E-state index is 17.3. The Labute approximate surface area is 208 Å². The molecule has 0 bridgehead atoms. The van der Waals surface area contributed by atoms with Crippen molar-refractivity contribution in [1.82, 2.24) is 0 Å². The van der Waals surface area contributed by atoms with Gasteiger partial charge < -0.3 is 10.2 Å². The van der Waals surface area contributed by atoms with E-state index in [1.54, 1.807) is 36.3 Å². The molecule has 8 heteroatoms. The SMILES string of the molecule is C[C@]12C=CC(=O)C=C1CC[C@H]1[C@@H]3C[C@H]4CN(c5cccc(Cl)c5)O[C@@]4(C(=O)O)[C@@]3(C)C[C@H](O)[C@@]12F. The van der Waals surface area contributed by atoms with Gasteiger partial charge in [0.25, 0.3) is 0 Å². The van der Waals surface area contributed by atoms with Crippen LogP contribution in [-0.4, -0.2) is 45.9 Å². The zero-order valence-corrected chi connectivity index (χ0v) is 20.5. The Kier molecular flexibility index (Phi) is 4.75. The molecule has 186 valence electrons. The second-order valence-corrected chi connectivity index (χ2v) is 11.8. The zero-order chi connectivity index (χ0) is 25.0. The number of ketones is 1. The average Bonchev–Trinajstić information content (AvgIpc) is 3.30. The number of hydrogen-bond donors (Lipinski definition) is 2. The molecule has 1 saturated heterocycles. The Bertz CT molecular complexity index is 1200. The minimum Gasteiger partial charge on any atom is -0.479 e. The van der Waals surface area contributed by atoms with E-state index >= 15 is 4.39 Å². The molecule has 0 amide bonds. The van der Waals surface area contributed by atoms with E-state index in [4.69, 9.17) is 16.4 Å². The molecule has 3 saturated carbocycles. The normalized spacial score (nSPS) is 45.9. The van der Waals surface area contributed by atoms with Crippen molar-refractivity contribution in [2.75, 3.05) is 11.6 Å². The van der Waals surface area contributed by atoms with E-state index < -0.39 is 40.1 Å². The Balaban J connectivity index is 1.42. The number of hydrogen-bond acceptors (Lipinski definition) is 5. The lowest BCUT2D eigenvalue weighted by Crippen LogP contribution is -2.69. The molecule has 0 unspecified atom stereocenters. The van der Waals surface area contributed by atoms with Gasteiger partial charge in [0, 0.05) is 27.7 Å². The van der Waals surface area contributed by atoms with Crippen molar-refractivity contribution >= 4 is 29.0 Å². The summed E-state index contributed by atoms with van der Waals surface area (Å²) < 4.78 is 17.3. The number of hydroxylamine groups is 1. The second kappa shape index (κ2) is 7.17. The van der Waals surface area contributed by atoms with E-state index in [-0.39, 0.29) is 24.0 Å². The molecular formula is C27H29ClFNO5. The van der Waals surface area contributed by atoms with E-state index in [0.717, 1.165) is 0 Å². The van der Waals surface area contributed by atoms with Crippen LogP contribution in [-0.2, 0) is 14.4 Å². The van der Waals surface area contributed by atoms with Crippen molar-refractivity contribution in [2.45, 2.75) is 56.9 Å². The number of nitrogens with zero attached hydrogens (tertiary/aromatic N) is 1. The fourth-order valence-electron chi connectivity index (χ4n) is 8.40. The largest absolute Gasteiger partial charge is 0.479 e. The number of alkyl halides is 1. The first-order chi connectivity index (χ1) is 16.5. The van der Waals surface area contributed by atoms with Gasteiger partial charge in [-0.05, 0) is 68.9 Å². The predicted molar refractivity (Wildman–Crippen MR) is 127 cm³/mol. The van der Waals surface area contributed by atoms with Crippen LogP contribution < -0.4 is 5.06 Å². The standard InChI is InChI=1S/C27H29ClFNO5/c1-24-9-8-19(31)10-15(24)6-7-20-21-11-16-14-30(18-5-3-4-17(28)12-18)35-27(16,23(33)34)25(21,2)13-22(32)26(20,24)29/h3-5,8-10,12,16,20-22,32H,6-7,11,13-14H2,1-2H3,(H,33,34)/t16-,20-,21-,22-,24-,25-,26-,27-/m0/s1. The Hall–Kier alpha value is -2.22. The third-order valence-corrected chi connectivity index (χ3v) is 10.3. The molecule has 0 radical (unpaired) electrons. The molecule has 5 aliphatic rings. The van der Waals surface area contributed by atoms with Gasteiger partial charge in [0.05, 0.1) is 18.3 Å². The number of anilines is 1. The number of benzene rings is 1. The minimum atomic E-state index is -2.00. The lowest BCUT2D eigenvalue weighted by atomic mass is 9.45. The molecular weight excluding hydrogens is 473 g/mol. The van der Waals surface area contributed by atoms with Gasteiger partial charge in [-0.3, -0.25) is 14.7 Å². The van der Waals surface area contributed by atoms with Crippen molar-refractivity contribution in [3.05, 3.63) is 53.1 Å². The number of carboxylic acid groups (broad SMARTS) is 1. The van der Waals surface area contributed by atoms with Gasteiger partial charge in [0.15, 0.2) is 11.5 Å². The number of aliphatic carboxylic acids is 1. The van der Waals surface area contributed by atoms with Gasteiger partial charge in [-0.15, -0.1) is 0 Å². The molecule has 35 heavy (non-hydrogen) atoms. The maximum Gasteiger partial charge on any atom is 0.339 e. The maximum atomic E-state index is 17.3. The summed E-state index contributed by atoms with van der Waals surface area (Å²) in [6.07, 6.45) is 4.55. The van der Waals surface area contributed by atoms with Crippen LogP contribution in [0.25, 0.3) is 0 Å². The van der Waals surface area contributed by atoms with E-state index in [2.05, 4.69) is 0 Å². The fraction of sp³-hybridized carbons (Fsp3) is 0.556. The van der Waals surface area contributed by atoms with E-state index in [9.17, 15) is 19.8 Å². The van der Waals surface area contributed by atoms with Crippen LogP contribution in [0.3, 0.4) is 0 Å². The van der Waals surface area contributed by atoms with Crippen LogP contribution in [0.15, 0.2) is 48.1 Å². The van der Waals surface area contributed by atoms with E-state index in [1.165, 1.54) is 12.2 Å². The molecule has 1 aliphatic heterocycles. The third kappa shape index (κ3) is 2.67. The van der Waals surface area contributed by atoms with Crippen molar-refractivity contribution in [1.29, 1.82) is 0 Å². The van der Waals surface area contributed by atoms with Gasteiger partial charge in [0.1, 0.15) is 0 Å². The lowest BCUT2D eigenvalue weighted by molar-refractivity contribution is -0.229. The van der Waals surface area contributed by atoms with Gasteiger partial charge in [-0.25, -0.2) is 9.18 Å². The number of fused-ring (bicyclic) bond motifs is 7. The predicted octanol–water partition coefficient (Wildman–Crippen LogP) is 4.51. The number of carbonyl (C=O) groups is 2. The van der Waals surface area contributed by atoms with Crippen molar-refractivity contribution in [3.63, 3.8) is 0 Å². The molecule has 0 aromatic heterocycles. The highest BCUT2D eigenvalue weighted by Crippen LogP contribution is 2.72. The van der Waals surface area contributed by atoms with Crippen molar-refractivity contribution < 1.29 is 29.0 Å². The molecule has 1 aromatic carbocycles. The molecule has 4 aliphatic carbocycles. The number of aliphatic hydroxyl groups is 1. The molecule has 1 heterocycles. The first-order valence-corrected chi connectivity index (χ1v) is 12.6. The van der Waals surface area contributed by atoms with Crippen LogP contribution in [0.4, 0.5) is 10.1 Å². The topological polar surface area (TPSA) is 87.1 Å². The molecule has 8 atom stereocenters. The highest BCUT2D eigenvalue weighted by Gasteiger charge is 2.79. The van der Waals surface area contributed by atoms with Crippen LogP contribution in [0.1, 0.15) is 39.5 Å². The average molecular weight is 502 g/mol. The number of carbonyl (C=O) groups excluding carboxylic acids is 1. The summed E-state index contributed by atoms with van der Waals surface area (Å²) in [7, 11) is 0. The molecule has 6 nitrogen and oxygen atoms in total. The number of allylic oxidation sites excluding steroid dienone is 4. The smallest absolute Gasteiger partial charge is 0.339 e. The zero-order valence-electron chi connectivity index (χ0n) is 19.7. The van der Waals surface area contributed by atoms with Crippen molar-refractivity contribution in [3.8, 4) is 0 Å². The Morgan fingerprint density at radius 3 is 2.77 bits per heavy atom. The third-order valence-electron chi connectivity index (χ3n) is 10.0. The monoisotopic (exact) mass is 501 g/mol. The number of rotatable bonds is 2. The number of carboxylic acids is 1. The quantitative estimate of drug-likeness (QED) is 0.620. The van der Waals surface area contributed by atoms with Gasteiger partial charge in [-0.2, -0.15) is 0 Å². The van der Waals surface area contributed by atoms with Crippen LogP contribution in [0, 0.1) is 28.6 Å². The molecule has 6 rings (SSSR count). The van der Waals surface area contributed by atoms with Crippen LogP contribution in [0.2, 0.25) is 5.02 Å².